The minimum Gasteiger partial charge on any atom is -0.494 e. The van der Waals surface area contributed by atoms with Gasteiger partial charge in [0.25, 0.3) is 11.8 Å². The number of benzene rings is 2. The van der Waals surface area contributed by atoms with E-state index in [1.807, 2.05) is 0 Å². The van der Waals surface area contributed by atoms with Gasteiger partial charge in [-0.2, -0.15) is 0 Å². The largest absolute Gasteiger partial charge is 0.494 e. The first-order valence-electron chi connectivity index (χ1n) is 6.21. The summed E-state index contributed by atoms with van der Waals surface area (Å²) in [5, 5.41) is 0.407. The predicted octanol–water partition coefficient (Wildman–Crippen LogP) is 3.08. The Morgan fingerprint density at radius 3 is 1.91 bits per heavy atom. The summed E-state index contributed by atoms with van der Waals surface area (Å²) in [6.07, 6.45) is 0. The molecule has 0 aromatic heterocycles. The van der Waals surface area contributed by atoms with Crippen molar-refractivity contribution in [3.8, 4) is 5.75 Å². The van der Waals surface area contributed by atoms with Gasteiger partial charge in [0, 0.05) is 11.1 Å². The Morgan fingerprint density at radius 1 is 0.909 bits per heavy atom. The number of carbonyl (C=O) groups excluding carboxylic acids is 2. The number of halogens is 2. The third kappa shape index (κ3) is 3.69. The minimum absolute atomic E-state index is 0.198. The van der Waals surface area contributed by atoms with Crippen LogP contribution in [-0.4, -0.2) is 18.9 Å². The summed E-state index contributed by atoms with van der Waals surface area (Å²) < 4.78 is 5.00. The van der Waals surface area contributed by atoms with Crippen LogP contribution in [-0.2, 0) is 0 Å². The van der Waals surface area contributed by atoms with Crippen molar-refractivity contribution in [3.05, 3.63) is 63.6 Å². The Hall–Kier alpha value is -2.24. The van der Waals surface area contributed by atoms with Crippen molar-refractivity contribution in [2.24, 2.45) is 0 Å². The van der Waals surface area contributed by atoms with E-state index in [1.54, 1.807) is 30.3 Å². The number of hydrogen-bond acceptors (Lipinski definition) is 3. The average Bonchev–Trinajstić information content (AvgIpc) is 2.52. The fourth-order valence-electron chi connectivity index (χ4n) is 1.73. The number of hydrazine groups is 1. The zero-order chi connectivity index (χ0) is 16.1. The molecule has 7 heteroatoms. The molecule has 2 amide bonds. The van der Waals surface area contributed by atoms with Crippen LogP contribution in [0.4, 0.5) is 0 Å². The van der Waals surface area contributed by atoms with Crippen molar-refractivity contribution >= 4 is 35.0 Å². The third-order valence-electron chi connectivity index (χ3n) is 2.79. The number of nitrogens with one attached hydrogen (secondary N) is 2. The van der Waals surface area contributed by atoms with Gasteiger partial charge < -0.3 is 4.74 Å². The van der Waals surface area contributed by atoms with E-state index in [4.69, 9.17) is 27.9 Å². The number of rotatable bonds is 3. The van der Waals surface area contributed by atoms with Gasteiger partial charge in [-0.15, -0.1) is 0 Å². The summed E-state index contributed by atoms with van der Waals surface area (Å²) in [5.74, 6) is -0.691. The van der Waals surface area contributed by atoms with Crippen LogP contribution in [0.2, 0.25) is 10.0 Å². The van der Waals surface area contributed by atoms with E-state index >= 15 is 0 Å². The van der Waals surface area contributed by atoms with E-state index in [0.29, 0.717) is 5.56 Å². The molecule has 0 spiro atoms. The SMILES string of the molecule is COc1c(Cl)cc(C(=O)NNC(=O)c2ccccc2)cc1Cl. The molecule has 2 rings (SSSR count). The van der Waals surface area contributed by atoms with Gasteiger partial charge in [0.05, 0.1) is 17.2 Å². The lowest BCUT2D eigenvalue weighted by atomic mass is 10.2. The highest BCUT2D eigenvalue weighted by Crippen LogP contribution is 2.33. The molecule has 5 nitrogen and oxygen atoms in total. The van der Waals surface area contributed by atoms with Crippen molar-refractivity contribution in [1.82, 2.24) is 10.9 Å². The van der Waals surface area contributed by atoms with Crippen LogP contribution >= 0.6 is 23.2 Å². The number of ether oxygens (including phenoxy) is 1. The van der Waals surface area contributed by atoms with Crippen LogP contribution in [0.3, 0.4) is 0 Å². The second-order valence-corrected chi connectivity index (χ2v) is 5.06. The van der Waals surface area contributed by atoms with Crippen LogP contribution in [0.25, 0.3) is 0 Å². The van der Waals surface area contributed by atoms with Crippen LogP contribution in [0, 0.1) is 0 Å². The maximum atomic E-state index is 12.0. The first-order valence-corrected chi connectivity index (χ1v) is 6.97. The minimum atomic E-state index is -0.546. The van der Waals surface area contributed by atoms with Crippen molar-refractivity contribution in [2.75, 3.05) is 7.11 Å². The topological polar surface area (TPSA) is 67.4 Å². The molecule has 0 saturated heterocycles. The molecule has 0 unspecified atom stereocenters. The van der Waals surface area contributed by atoms with E-state index in [-0.39, 0.29) is 21.4 Å². The standard InChI is InChI=1S/C15H12Cl2N2O3/c1-22-13-11(16)7-10(8-12(13)17)15(21)19-18-14(20)9-5-3-2-4-6-9/h2-8H,1H3,(H,18,20)(H,19,21). The van der Waals surface area contributed by atoms with Crippen LogP contribution < -0.4 is 15.6 Å². The molecule has 114 valence electrons. The number of carbonyl (C=O) groups is 2. The summed E-state index contributed by atoms with van der Waals surface area (Å²) in [4.78, 5) is 23.8. The Bertz CT molecular complexity index is 682. The molecule has 2 N–H and O–H groups in total. The van der Waals surface area contributed by atoms with Gasteiger partial charge in [0.2, 0.25) is 0 Å². The number of amides is 2. The third-order valence-corrected chi connectivity index (χ3v) is 3.35. The lowest BCUT2D eigenvalue weighted by Gasteiger charge is -2.10. The van der Waals surface area contributed by atoms with E-state index in [9.17, 15) is 9.59 Å². The molecular weight excluding hydrogens is 327 g/mol. The smallest absolute Gasteiger partial charge is 0.269 e. The van der Waals surface area contributed by atoms with Gasteiger partial charge in [0.1, 0.15) is 0 Å². The second-order valence-electron chi connectivity index (χ2n) is 4.25. The fourth-order valence-corrected chi connectivity index (χ4v) is 2.37. The monoisotopic (exact) mass is 338 g/mol. The fraction of sp³-hybridized carbons (Fsp3) is 0.0667. The van der Waals surface area contributed by atoms with Crippen molar-refractivity contribution in [2.45, 2.75) is 0 Å². The molecule has 0 aliphatic heterocycles. The molecule has 0 bridgehead atoms. The molecule has 0 aliphatic rings. The molecule has 2 aromatic rings. The van der Waals surface area contributed by atoms with Crippen LogP contribution in [0.1, 0.15) is 20.7 Å². The highest BCUT2D eigenvalue weighted by molar-refractivity contribution is 6.37. The van der Waals surface area contributed by atoms with E-state index in [2.05, 4.69) is 10.9 Å². The Morgan fingerprint density at radius 2 is 1.41 bits per heavy atom. The van der Waals surface area contributed by atoms with Gasteiger partial charge in [-0.1, -0.05) is 41.4 Å². The molecule has 0 fully saturated rings. The zero-order valence-corrected chi connectivity index (χ0v) is 13.0. The highest BCUT2D eigenvalue weighted by Gasteiger charge is 2.14. The lowest BCUT2D eigenvalue weighted by Crippen LogP contribution is -2.41. The summed E-state index contributed by atoms with van der Waals surface area (Å²) >= 11 is 11.9. The molecule has 0 atom stereocenters. The van der Waals surface area contributed by atoms with Gasteiger partial charge in [-0.25, -0.2) is 0 Å². The van der Waals surface area contributed by atoms with E-state index in [1.165, 1.54) is 19.2 Å². The Balaban J connectivity index is 2.06. The van der Waals surface area contributed by atoms with E-state index in [0.717, 1.165) is 0 Å². The van der Waals surface area contributed by atoms with Crippen LogP contribution in [0.15, 0.2) is 42.5 Å². The Labute approximate surface area is 137 Å². The van der Waals surface area contributed by atoms with Crippen molar-refractivity contribution < 1.29 is 14.3 Å². The molecule has 0 heterocycles. The quantitative estimate of drug-likeness (QED) is 0.845. The summed E-state index contributed by atoms with van der Waals surface area (Å²) in [6.45, 7) is 0. The maximum Gasteiger partial charge on any atom is 0.269 e. The zero-order valence-electron chi connectivity index (χ0n) is 11.5. The average molecular weight is 339 g/mol. The summed E-state index contributed by atoms with van der Waals surface area (Å²) in [6, 6.07) is 11.3. The molecule has 2 aromatic carbocycles. The van der Waals surface area contributed by atoms with Crippen molar-refractivity contribution in [1.29, 1.82) is 0 Å². The summed E-state index contributed by atoms with van der Waals surface area (Å²) in [5.41, 5.74) is 5.22. The molecule has 22 heavy (non-hydrogen) atoms. The second kappa shape index (κ2) is 7.15. The lowest BCUT2D eigenvalue weighted by molar-refractivity contribution is 0.0846. The van der Waals surface area contributed by atoms with Crippen LogP contribution in [0.5, 0.6) is 5.75 Å². The molecule has 0 aliphatic carbocycles. The number of hydrogen-bond donors (Lipinski definition) is 2. The summed E-state index contributed by atoms with van der Waals surface area (Å²) in [7, 11) is 1.42. The predicted molar refractivity (Wildman–Crippen MR) is 84.4 cm³/mol. The van der Waals surface area contributed by atoms with Crippen molar-refractivity contribution in [3.63, 3.8) is 0 Å². The van der Waals surface area contributed by atoms with Gasteiger partial charge in [-0.3, -0.25) is 20.4 Å². The molecular formula is C15H12Cl2N2O3. The first kappa shape index (κ1) is 16.1. The van der Waals surface area contributed by atoms with Gasteiger partial charge >= 0.3 is 0 Å². The van der Waals surface area contributed by atoms with E-state index < -0.39 is 11.8 Å². The molecule has 0 saturated carbocycles. The first-order chi connectivity index (χ1) is 10.5. The van der Waals surface area contributed by atoms with Gasteiger partial charge in [-0.05, 0) is 24.3 Å². The Kier molecular flexibility index (Phi) is 5.25. The normalized spacial score (nSPS) is 9.95. The van der Waals surface area contributed by atoms with Gasteiger partial charge in [0.15, 0.2) is 5.75 Å². The molecule has 0 radical (unpaired) electrons. The highest BCUT2D eigenvalue weighted by atomic mass is 35.5. The number of methoxy groups -OCH3 is 1. The maximum absolute atomic E-state index is 12.0.